The number of hydrogen-bond donors (Lipinski definition) is 0. The number of carbonyl (C=O) groups is 1. The molecule has 1 aliphatic rings. The van der Waals surface area contributed by atoms with Crippen LogP contribution < -0.4 is 4.31 Å². The van der Waals surface area contributed by atoms with Crippen molar-refractivity contribution in [2.75, 3.05) is 30.2 Å². The van der Waals surface area contributed by atoms with Crippen molar-refractivity contribution in [3.63, 3.8) is 0 Å². The minimum atomic E-state index is -3.81. The second kappa shape index (κ2) is 7.27. The van der Waals surface area contributed by atoms with E-state index in [0.717, 1.165) is 23.0 Å². The molecule has 1 aromatic carbocycles. The van der Waals surface area contributed by atoms with Crippen molar-refractivity contribution in [3.05, 3.63) is 29.0 Å². The van der Waals surface area contributed by atoms with Crippen LogP contribution in [-0.2, 0) is 14.8 Å². The van der Waals surface area contributed by atoms with Gasteiger partial charge in [0.15, 0.2) is 0 Å². The third kappa shape index (κ3) is 4.60. The smallest absolute Gasteiger partial charge is 0.243 e. The molecule has 1 amide bonds. The fourth-order valence-electron chi connectivity index (χ4n) is 3.15. The Bertz CT molecular complexity index is 716. The predicted octanol–water partition coefficient (Wildman–Crippen LogP) is 2.75. The van der Waals surface area contributed by atoms with Gasteiger partial charge in [-0.15, -0.1) is 0 Å². The SMILES string of the molecule is CC1CC(C)CN(C(=O)CN(c2ccc(Cl)cc2F)S(C)(=O)=O)C1. The van der Waals surface area contributed by atoms with Crippen LogP contribution in [0.25, 0.3) is 0 Å². The quantitative estimate of drug-likeness (QED) is 0.811. The maximum absolute atomic E-state index is 14.1. The van der Waals surface area contributed by atoms with Crippen molar-refractivity contribution < 1.29 is 17.6 Å². The number of piperidine rings is 1. The number of nitrogens with zero attached hydrogens (tertiary/aromatic N) is 2. The molecule has 8 heteroatoms. The average molecular weight is 377 g/mol. The highest BCUT2D eigenvalue weighted by Crippen LogP contribution is 2.26. The van der Waals surface area contributed by atoms with Gasteiger partial charge in [-0.2, -0.15) is 0 Å². The summed E-state index contributed by atoms with van der Waals surface area (Å²) in [7, 11) is -3.81. The number of sulfonamides is 1. The van der Waals surface area contributed by atoms with E-state index in [0.29, 0.717) is 24.9 Å². The number of benzene rings is 1. The zero-order valence-electron chi connectivity index (χ0n) is 14.0. The van der Waals surface area contributed by atoms with Crippen molar-refractivity contribution in [1.82, 2.24) is 4.90 Å². The van der Waals surface area contributed by atoms with E-state index in [1.807, 2.05) is 0 Å². The van der Waals surface area contributed by atoms with Crippen molar-refractivity contribution in [3.8, 4) is 0 Å². The first-order valence-electron chi connectivity index (χ1n) is 7.78. The van der Waals surface area contributed by atoms with Crippen LogP contribution in [0.4, 0.5) is 10.1 Å². The molecule has 1 aromatic rings. The minimum absolute atomic E-state index is 0.162. The lowest BCUT2D eigenvalue weighted by Crippen LogP contribution is -2.48. The Morgan fingerprint density at radius 1 is 1.33 bits per heavy atom. The van der Waals surface area contributed by atoms with E-state index in [1.54, 1.807) is 4.90 Å². The minimum Gasteiger partial charge on any atom is -0.341 e. The Balaban J connectivity index is 2.25. The van der Waals surface area contributed by atoms with E-state index < -0.39 is 22.4 Å². The first kappa shape index (κ1) is 19.0. The summed E-state index contributed by atoms with van der Waals surface area (Å²) in [6.45, 7) is 4.87. The molecule has 5 nitrogen and oxygen atoms in total. The van der Waals surface area contributed by atoms with Crippen molar-refractivity contribution >= 4 is 33.2 Å². The molecule has 134 valence electrons. The van der Waals surface area contributed by atoms with Crippen molar-refractivity contribution in [2.24, 2.45) is 11.8 Å². The van der Waals surface area contributed by atoms with Crippen LogP contribution >= 0.6 is 11.6 Å². The molecule has 2 unspecified atom stereocenters. The van der Waals surface area contributed by atoms with E-state index in [1.165, 1.54) is 12.1 Å². The van der Waals surface area contributed by atoms with Gasteiger partial charge in [-0.05, 0) is 36.5 Å². The summed E-state index contributed by atoms with van der Waals surface area (Å²) in [6.07, 6.45) is 1.99. The lowest BCUT2D eigenvalue weighted by molar-refractivity contribution is -0.132. The molecule has 0 saturated carbocycles. The molecule has 0 aromatic heterocycles. The highest BCUT2D eigenvalue weighted by Gasteiger charge is 2.30. The first-order valence-corrected chi connectivity index (χ1v) is 10.0. The van der Waals surface area contributed by atoms with E-state index in [-0.39, 0.29) is 16.6 Å². The zero-order chi connectivity index (χ0) is 18.1. The molecule has 2 rings (SSSR count). The largest absolute Gasteiger partial charge is 0.341 e. The molecule has 1 aliphatic heterocycles. The molecule has 1 fully saturated rings. The molecule has 2 atom stereocenters. The molecular formula is C16H22ClFN2O3S. The van der Waals surface area contributed by atoms with Crippen LogP contribution in [0.15, 0.2) is 18.2 Å². The Labute approximate surface area is 147 Å². The van der Waals surface area contributed by atoms with Gasteiger partial charge in [0.25, 0.3) is 0 Å². The van der Waals surface area contributed by atoms with Gasteiger partial charge in [-0.25, -0.2) is 12.8 Å². The maximum atomic E-state index is 14.1. The number of carbonyl (C=O) groups excluding carboxylic acids is 1. The van der Waals surface area contributed by atoms with Gasteiger partial charge < -0.3 is 4.90 Å². The number of likely N-dealkylation sites (tertiary alicyclic amines) is 1. The second-order valence-electron chi connectivity index (χ2n) is 6.61. The van der Waals surface area contributed by atoms with Gasteiger partial charge in [0, 0.05) is 18.1 Å². The Morgan fingerprint density at radius 3 is 2.42 bits per heavy atom. The van der Waals surface area contributed by atoms with Crippen LogP contribution in [0.3, 0.4) is 0 Å². The number of halogens is 2. The Hall–Kier alpha value is -1.34. The first-order chi connectivity index (χ1) is 11.1. The maximum Gasteiger partial charge on any atom is 0.243 e. The average Bonchev–Trinajstić information content (AvgIpc) is 2.43. The summed E-state index contributed by atoms with van der Waals surface area (Å²) in [4.78, 5) is 14.2. The normalized spacial score (nSPS) is 21.6. The molecule has 0 radical (unpaired) electrons. The predicted molar refractivity (Wildman–Crippen MR) is 93.1 cm³/mol. The van der Waals surface area contributed by atoms with E-state index in [9.17, 15) is 17.6 Å². The van der Waals surface area contributed by atoms with Crippen molar-refractivity contribution in [2.45, 2.75) is 20.3 Å². The molecule has 0 bridgehead atoms. The zero-order valence-corrected chi connectivity index (χ0v) is 15.6. The molecular weight excluding hydrogens is 355 g/mol. The summed E-state index contributed by atoms with van der Waals surface area (Å²) in [5.41, 5.74) is -0.173. The number of hydrogen-bond acceptors (Lipinski definition) is 3. The lowest BCUT2D eigenvalue weighted by atomic mass is 9.92. The number of anilines is 1. The Morgan fingerprint density at radius 2 is 1.92 bits per heavy atom. The highest BCUT2D eigenvalue weighted by molar-refractivity contribution is 7.92. The number of amides is 1. The summed E-state index contributed by atoms with van der Waals surface area (Å²) in [5, 5.41) is 0.162. The van der Waals surface area contributed by atoms with Crippen LogP contribution in [0, 0.1) is 17.7 Å². The fourth-order valence-corrected chi connectivity index (χ4v) is 4.16. The summed E-state index contributed by atoms with van der Waals surface area (Å²) in [6, 6.07) is 3.70. The van der Waals surface area contributed by atoms with Crippen LogP contribution in [0.1, 0.15) is 20.3 Å². The highest BCUT2D eigenvalue weighted by atomic mass is 35.5. The van der Waals surface area contributed by atoms with E-state index >= 15 is 0 Å². The van der Waals surface area contributed by atoms with Crippen molar-refractivity contribution in [1.29, 1.82) is 0 Å². The van der Waals surface area contributed by atoms with Gasteiger partial charge in [-0.1, -0.05) is 25.4 Å². The molecule has 0 N–H and O–H groups in total. The molecule has 0 aliphatic carbocycles. The van der Waals surface area contributed by atoms with Gasteiger partial charge >= 0.3 is 0 Å². The second-order valence-corrected chi connectivity index (χ2v) is 8.95. The Kier molecular flexibility index (Phi) is 5.75. The molecule has 0 spiro atoms. The van der Waals surface area contributed by atoms with Gasteiger partial charge in [0.05, 0.1) is 11.9 Å². The fraction of sp³-hybridized carbons (Fsp3) is 0.562. The van der Waals surface area contributed by atoms with Gasteiger partial charge in [-0.3, -0.25) is 9.10 Å². The van der Waals surface area contributed by atoms with Crippen LogP contribution in [0.2, 0.25) is 5.02 Å². The summed E-state index contributed by atoms with van der Waals surface area (Å²) in [5.74, 6) is -0.386. The standard InChI is InChI=1S/C16H22ClFN2O3S/c1-11-6-12(2)9-19(8-11)16(21)10-20(24(3,22)23)15-5-4-13(17)7-14(15)18/h4-5,7,11-12H,6,8-10H2,1-3H3. The van der Waals surface area contributed by atoms with Crippen LogP contribution in [-0.4, -0.2) is 45.1 Å². The summed E-state index contributed by atoms with van der Waals surface area (Å²) >= 11 is 5.71. The monoisotopic (exact) mass is 376 g/mol. The van der Waals surface area contributed by atoms with E-state index in [4.69, 9.17) is 11.6 Å². The van der Waals surface area contributed by atoms with Gasteiger partial charge in [0.2, 0.25) is 15.9 Å². The third-order valence-corrected chi connectivity index (χ3v) is 5.44. The molecule has 24 heavy (non-hydrogen) atoms. The van der Waals surface area contributed by atoms with E-state index in [2.05, 4.69) is 13.8 Å². The third-order valence-electron chi connectivity index (χ3n) is 4.08. The topological polar surface area (TPSA) is 57.7 Å². The van der Waals surface area contributed by atoms with Gasteiger partial charge in [0.1, 0.15) is 12.4 Å². The number of rotatable bonds is 4. The molecule has 1 saturated heterocycles. The molecule has 1 heterocycles. The summed E-state index contributed by atoms with van der Waals surface area (Å²) < 4.78 is 39.1. The van der Waals surface area contributed by atoms with Crippen LogP contribution in [0.5, 0.6) is 0 Å². The lowest BCUT2D eigenvalue weighted by Gasteiger charge is -2.36.